The van der Waals surface area contributed by atoms with Crippen molar-refractivity contribution in [3.63, 3.8) is 0 Å². The molecule has 0 aliphatic rings. The summed E-state index contributed by atoms with van der Waals surface area (Å²) in [6.07, 6.45) is 3.89. The van der Waals surface area contributed by atoms with Gasteiger partial charge in [-0.1, -0.05) is 23.7 Å². The SMILES string of the molecule is CC(=O)NC(CC(=O)NCc1cn2cc(Br)ccc2n1)c1ccc(Cl)cc1. The Kier molecular flexibility index (Phi) is 6.13. The van der Waals surface area contributed by atoms with Crippen LogP contribution in [0.3, 0.4) is 0 Å². The molecule has 6 nitrogen and oxygen atoms in total. The van der Waals surface area contributed by atoms with Crippen LogP contribution in [0.5, 0.6) is 0 Å². The molecule has 0 aliphatic heterocycles. The highest BCUT2D eigenvalue weighted by atomic mass is 79.9. The van der Waals surface area contributed by atoms with Crippen LogP contribution in [0.1, 0.15) is 30.6 Å². The number of amides is 2. The van der Waals surface area contributed by atoms with E-state index in [1.165, 1.54) is 6.92 Å². The van der Waals surface area contributed by atoms with Crippen LogP contribution in [0, 0.1) is 0 Å². The number of hydrogen-bond acceptors (Lipinski definition) is 3. The first-order chi connectivity index (χ1) is 12.9. The van der Waals surface area contributed by atoms with Crippen LogP contribution >= 0.6 is 27.5 Å². The number of carbonyl (C=O) groups excluding carboxylic acids is 2. The van der Waals surface area contributed by atoms with Crippen LogP contribution in [0.25, 0.3) is 5.65 Å². The number of rotatable bonds is 6. The van der Waals surface area contributed by atoms with Gasteiger partial charge in [-0.2, -0.15) is 0 Å². The van der Waals surface area contributed by atoms with Crippen molar-refractivity contribution in [1.29, 1.82) is 0 Å². The van der Waals surface area contributed by atoms with Gasteiger partial charge in [0.15, 0.2) is 0 Å². The van der Waals surface area contributed by atoms with Gasteiger partial charge in [0, 0.05) is 28.8 Å². The van der Waals surface area contributed by atoms with Crippen LogP contribution < -0.4 is 10.6 Å². The molecule has 0 fully saturated rings. The van der Waals surface area contributed by atoms with Crippen LogP contribution in [0.4, 0.5) is 0 Å². The predicted molar refractivity (Wildman–Crippen MR) is 107 cm³/mol. The molecule has 3 aromatic rings. The van der Waals surface area contributed by atoms with Crippen molar-refractivity contribution >= 4 is 45.0 Å². The molecular weight excluding hydrogens is 432 g/mol. The summed E-state index contributed by atoms with van der Waals surface area (Å²) >= 11 is 9.33. The lowest BCUT2D eigenvalue weighted by atomic mass is 10.0. The summed E-state index contributed by atoms with van der Waals surface area (Å²) in [5.41, 5.74) is 2.38. The molecule has 2 N–H and O–H groups in total. The maximum absolute atomic E-state index is 12.4. The normalized spacial score (nSPS) is 12.0. The van der Waals surface area contributed by atoms with Gasteiger partial charge < -0.3 is 15.0 Å². The minimum absolute atomic E-state index is 0.125. The Morgan fingerprint density at radius 1 is 1.19 bits per heavy atom. The van der Waals surface area contributed by atoms with Gasteiger partial charge in [0.05, 0.1) is 24.7 Å². The third-order valence-corrected chi connectivity index (χ3v) is 4.69. The van der Waals surface area contributed by atoms with Crippen LogP contribution in [0.15, 0.2) is 53.3 Å². The molecule has 2 heterocycles. The quantitative estimate of drug-likeness (QED) is 0.603. The van der Waals surface area contributed by atoms with Gasteiger partial charge in [-0.05, 0) is 45.8 Å². The van der Waals surface area contributed by atoms with E-state index in [9.17, 15) is 9.59 Å². The largest absolute Gasteiger partial charge is 0.350 e. The molecule has 2 amide bonds. The molecule has 1 unspecified atom stereocenters. The summed E-state index contributed by atoms with van der Waals surface area (Å²) in [4.78, 5) is 28.3. The molecule has 1 aromatic carbocycles. The average Bonchev–Trinajstić information content (AvgIpc) is 3.01. The summed E-state index contributed by atoms with van der Waals surface area (Å²) < 4.78 is 2.84. The fraction of sp³-hybridized carbons (Fsp3) is 0.211. The van der Waals surface area contributed by atoms with E-state index in [4.69, 9.17) is 11.6 Å². The second-order valence-corrected chi connectivity index (χ2v) is 7.48. The number of carbonyl (C=O) groups is 2. The highest BCUT2D eigenvalue weighted by Crippen LogP contribution is 2.19. The van der Waals surface area contributed by atoms with Crippen molar-refractivity contribution < 1.29 is 9.59 Å². The van der Waals surface area contributed by atoms with Gasteiger partial charge >= 0.3 is 0 Å². The molecule has 2 aromatic heterocycles. The number of imidazole rings is 1. The zero-order valence-corrected chi connectivity index (χ0v) is 16.9. The zero-order valence-electron chi connectivity index (χ0n) is 14.6. The van der Waals surface area contributed by atoms with E-state index >= 15 is 0 Å². The van der Waals surface area contributed by atoms with E-state index in [1.54, 1.807) is 24.3 Å². The van der Waals surface area contributed by atoms with E-state index in [0.717, 1.165) is 21.4 Å². The lowest BCUT2D eigenvalue weighted by Gasteiger charge is -2.18. The second kappa shape index (κ2) is 8.54. The first-order valence-corrected chi connectivity index (χ1v) is 9.50. The van der Waals surface area contributed by atoms with E-state index in [0.29, 0.717) is 11.6 Å². The first-order valence-electron chi connectivity index (χ1n) is 8.33. The smallest absolute Gasteiger partial charge is 0.222 e. The number of halogens is 2. The predicted octanol–water partition coefficient (Wildman–Crippen LogP) is 3.63. The van der Waals surface area contributed by atoms with Gasteiger partial charge in [-0.25, -0.2) is 4.98 Å². The number of hydrogen-bond donors (Lipinski definition) is 2. The fourth-order valence-corrected chi connectivity index (χ4v) is 3.22. The molecule has 8 heteroatoms. The highest BCUT2D eigenvalue weighted by molar-refractivity contribution is 9.10. The molecule has 0 bridgehead atoms. The van der Waals surface area contributed by atoms with Crippen molar-refractivity contribution in [2.45, 2.75) is 25.9 Å². The molecular formula is C19H18BrClN4O2. The summed E-state index contributed by atoms with van der Waals surface area (Å²) in [7, 11) is 0. The number of nitrogens with zero attached hydrogens (tertiary/aromatic N) is 2. The molecule has 140 valence electrons. The summed E-state index contributed by atoms with van der Waals surface area (Å²) in [6.45, 7) is 1.74. The number of benzene rings is 1. The molecule has 1 atom stereocenters. The third-order valence-electron chi connectivity index (χ3n) is 3.97. The molecule has 0 radical (unpaired) electrons. The summed E-state index contributed by atoms with van der Waals surface area (Å²) in [5, 5.41) is 6.26. The van der Waals surface area contributed by atoms with Gasteiger partial charge in [0.1, 0.15) is 5.65 Å². The molecule has 0 spiro atoms. The van der Waals surface area contributed by atoms with Crippen molar-refractivity contribution in [3.05, 3.63) is 69.5 Å². The van der Waals surface area contributed by atoms with Crippen molar-refractivity contribution in [2.24, 2.45) is 0 Å². The molecule has 0 saturated heterocycles. The minimum atomic E-state index is -0.420. The number of aromatic nitrogens is 2. The Bertz CT molecular complexity index is 972. The fourth-order valence-electron chi connectivity index (χ4n) is 2.74. The molecule has 27 heavy (non-hydrogen) atoms. The van der Waals surface area contributed by atoms with Gasteiger partial charge in [0.2, 0.25) is 11.8 Å². The van der Waals surface area contributed by atoms with Crippen LogP contribution in [-0.2, 0) is 16.1 Å². The van der Waals surface area contributed by atoms with E-state index in [-0.39, 0.29) is 18.2 Å². The van der Waals surface area contributed by atoms with Crippen molar-refractivity contribution in [3.8, 4) is 0 Å². The maximum atomic E-state index is 12.4. The Hall–Kier alpha value is -2.38. The Balaban J connectivity index is 1.64. The minimum Gasteiger partial charge on any atom is -0.350 e. The van der Waals surface area contributed by atoms with Gasteiger partial charge in [-0.3, -0.25) is 9.59 Å². The second-order valence-electron chi connectivity index (χ2n) is 6.13. The van der Waals surface area contributed by atoms with E-state index < -0.39 is 6.04 Å². The molecule has 0 aliphatic carbocycles. The lowest BCUT2D eigenvalue weighted by molar-refractivity contribution is -0.122. The zero-order chi connectivity index (χ0) is 19.4. The van der Waals surface area contributed by atoms with Gasteiger partial charge in [-0.15, -0.1) is 0 Å². The number of fused-ring (bicyclic) bond motifs is 1. The van der Waals surface area contributed by atoms with Crippen LogP contribution in [-0.4, -0.2) is 21.2 Å². The Morgan fingerprint density at radius 3 is 2.63 bits per heavy atom. The third kappa shape index (κ3) is 5.30. The average molecular weight is 450 g/mol. The molecule has 3 rings (SSSR count). The number of nitrogens with one attached hydrogen (secondary N) is 2. The molecule has 0 saturated carbocycles. The monoisotopic (exact) mass is 448 g/mol. The number of pyridine rings is 1. The Labute approximate surface area is 170 Å². The topological polar surface area (TPSA) is 75.5 Å². The van der Waals surface area contributed by atoms with Crippen molar-refractivity contribution in [1.82, 2.24) is 20.0 Å². The van der Waals surface area contributed by atoms with Crippen LogP contribution in [0.2, 0.25) is 5.02 Å². The summed E-state index contributed by atoms with van der Waals surface area (Å²) in [5.74, 6) is -0.379. The van der Waals surface area contributed by atoms with Crippen molar-refractivity contribution in [2.75, 3.05) is 0 Å². The van der Waals surface area contributed by atoms with E-state index in [1.807, 2.05) is 28.9 Å². The standard InChI is InChI=1S/C19H18BrClN4O2/c1-12(26)23-17(13-2-5-15(21)6-3-13)8-19(27)22-9-16-11-25-10-14(20)4-7-18(25)24-16/h2-7,10-11,17H,8-9H2,1H3,(H,22,27)(H,23,26). The van der Waals surface area contributed by atoms with Gasteiger partial charge in [0.25, 0.3) is 0 Å². The maximum Gasteiger partial charge on any atom is 0.222 e. The Morgan fingerprint density at radius 2 is 1.93 bits per heavy atom. The first kappa shape index (κ1) is 19.4. The highest BCUT2D eigenvalue weighted by Gasteiger charge is 2.17. The lowest BCUT2D eigenvalue weighted by Crippen LogP contribution is -2.32. The van der Waals surface area contributed by atoms with E-state index in [2.05, 4.69) is 31.5 Å². The summed E-state index contributed by atoms with van der Waals surface area (Å²) in [6, 6.07) is 10.5.